The van der Waals surface area contributed by atoms with Crippen LogP contribution in [0.4, 0.5) is 5.69 Å². The molecule has 2 heterocycles. The maximum atomic E-state index is 13.0. The molecule has 0 saturated carbocycles. The van der Waals surface area contributed by atoms with Crippen molar-refractivity contribution in [2.45, 2.75) is 24.9 Å². The number of piperidine rings is 1. The third-order valence-electron chi connectivity index (χ3n) is 4.50. The first-order valence-electron chi connectivity index (χ1n) is 8.39. The SMILES string of the molecule is CN(C)C(=O)C1(Nc2ccccc2)CCCN(Cc2ccco2)C1. The van der Waals surface area contributed by atoms with Gasteiger partial charge in [-0.25, -0.2) is 0 Å². The van der Waals surface area contributed by atoms with E-state index < -0.39 is 5.54 Å². The summed E-state index contributed by atoms with van der Waals surface area (Å²) in [7, 11) is 3.64. The fourth-order valence-electron chi connectivity index (χ4n) is 3.46. The molecule has 1 atom stereocenters. The van der Waals surface area contributed by atoms with Gasteiger partial charge in [-0.1, -0.05) is 18.2 Å². The minimum Gasteiger partial charge on any atom is -0.468 e. The third kappa shape index (κ3) is 3.62. The molecule has 1 aliphatic rings. The Kier molecular flexibility index (Phi) is 4.90. The molecule has 0 aliphatic carbocycles. The maximum absolute atomic E-state index is 13.0. The minimum atomic E-state index is -0.601. The number of para-hydroxylation sites is 1. The van der Waals surface area contributed by atoms with Gasteiger partial charge in [-0.15, -0.1) is 0 Å². The van der Waals surface area contributed by atoms with Crippen LogP contribution in [0, 0.1) is 0 Å². The number of carbonyl (C=O) groups excluding carboxylic acids is 1. The monoisotopic (exact) mass is 327 g/mol. The van der Waals surface area contributed by atoms with E-state index in [0.29, 0.717) is 6.54 Å². The summed E-state index contributed by atoms with van der Waals surface area (Å²) >= 11 is 0. The predicted molar refractivity (Wildman–Crippen MR) is 94.7 cm³/mol. The molecule has 1 fully saturated rings. The normalized spacial score (nSPS) is 21.4. The van der Waals surface area contributed by atoms with Gasteiger partial charge in [-0.05, 0) is 43.7 Å². The van der Waals surface area contributed by atoms with Gasteiger partial charge in [0.15, 0.2) is 0 Å². The minimum absolute atomic E-state index is 0.121. The highest BCUT2D eigenvalue weighted by atomic mass is 16.3. The summed E-state index contributed by atoms with van der Waals surface area (Å²) in [5.41, 5.74) is 0.378. The van der Waals surface area contributed by atoms with E-state index in [9.17, 15) is 4.79 Å². The molecule has 2 aromatic rings. The summed E-state index contributed by atoms with van der Waals surface area (Å²) < 4.78 is 5.47. The largest absolute Gasteiger partial charge is 0.468 e. The van der Waals surface area contributed by atoms with Crippen LogP contribution in [0.2, 0.25) is 0 Å². The van der Waals surface area contributed by atoms with E-state index in [-0.39, 0.29) is 5.91 Å². The van der Waals surface area contributed by atoms with Gasteiger partial charge in [0.05, 0.1) is 12.8 Å². The molecule has 0 bridgehead atoms. The lowest BCUT2D eigenvalue weighted by molar-refractivity contribution is -0.135. The summed E-state index contributed by atoms with van der Waals surface area (Å²) in [5, 5.41) is 3.52. The van der Waals surface area contributed by atoms with Crippen LogP contribution < -0.4 is 5.32 Å². The van der Waals surface area contributed by atoms with Crippen molar-refractivity contribution >= 4 is 11.6 Å². The van der Waals surface area contributed by atoms with Gasteiger partial charge < -0.3 is 14.6 Å². The zero-order valence-electron chi connectivity index (χ0n) is 14.4. The van der Waals surface area contributed by atoms with E-state index in [2.05, 4.69) is 10.2 Å². The van der Waals surface area contributed by atoms with E-state index in [1.165, 1.54) is 0 Å². The number of carbonyl (C=O) groups is 1. The molecule has 1 aliphatic heterocycles. The van der Waals surface area contributed by atoms with Crippen LogP contribution >= 0.6 is 0 Å². The maximum Gasteiger partial charge on any atom is 0.249 e. The van der Waals surface area contributed by atoms with Crippen LogP contribution in [0.25, 0.3) is 0 Å². The van der Waals surface area contributed by atoms with Crippen LogP contribution in [0.5, 0.6) is 0 Å². The van der Waals surface area contributed by atoms with Gasteiger partial charge >= 0.3 is 0 Å². The van der Waals surface area contributed by atoms with Gasteiger partial charge in [0.2, 0.25) is 5.91 Å². The molecule has 5 nitrogen and oxygen atoms in total. The number of nitrogens with zero attached hydrogens (tertiary/aromatic N) is 2. The molecule has 1 aromatic heterocycles. The second kappa shape index (κ2) is 7.09. The molecule has 1 saturated heterocycles. The highest BCUT2D eigenvalue weighted by Crippen LogP contribution is 2.28. The van der Waals surface area contributed by atoms with Crippen molar-refractivity contribution in [2.24, 2.45) is 0 Å². The average molecular weight is 327 g/mol. The van der Waals surface area contributed by atoms with Crippen molar-refractivity contribution in [3.8, 4) is 0 Å². The first kappa shape index (κ1) is 16.6. The number of furan rings is 1. The topological polar surface area (TPSA) is 48.7 Å². The molecule has 0 spiro atoms. The Morgan fingerprint density at radius 3 is 2.71 bits per heavy atom. The average Bonchev–Trinajstić information content (AvgIpc) is 3.08. The fraction of sp³-hybridized carbons (Fsp3) is 0.421. The van der Waals surface area contributed by atoms with Crippen molar-refractivity contribution in [3.05, 3.63) is 54.5 Å². The van der Waals surface area contributed by atoms with Crippen molar-refractivity contribution in [3.63, 3.8) is 0 Å². The van der Waals surface area contributed by atoms with Crippen molar-refractivity contribution in [1.29, 1.82) is 0 Å². The lowest BCUT2D eigenvalue weighted by Crippen LogP contribution is -2.61. The Labute approximate surface area is 143 Å². The zero-order valence-corrected chi connectivity index (χ0v) is 14.4. The standard InChI is InChI=1S/C19H25N3O2/c1-21(2)18(23)19(20-16-8-4-3-5-9-16)11-7-12-22(15-19)14-17-10-6-13-24-17/h3-6,8-10,13,20H,7,11-12,14-15H2,1-2H3. The molecular formula is C19H25N3O2. The summed E-state index contributed by atoms with van der Waals surface area (Å²) in [6, 6.07) is 13.9. The molecule has 0 radical (unpaired) electrons. The highest BCUT2D eigenvalue weighted by Gasteiger charge is 2.43. The Morgan fingerprint density at radius 2 is 2.04 bits per heavy atom. The Hall–Kier alpha value is -2.27. The summed E-state index contributed by atoms with van der Waals surface area (Å²) in [5.74, 6) is 1.05. The number of likely N-dealkylation sites (tertiary alicyclic amines) is 1. The summed E-state index contributed by atoms with van der Waals surface area (Å²) in [6.07, 6.45) is 3.49. The van der Waals surface area contributed by atoms with Crippen LogP contribution in [-0.2, 0) is 11.3 Å². The number of rotatable bonds is 5. The van der Waals surface area contributed by atoms with Crippen molar-refractivity contribution in [2.75, 3.05) is 32.5 Å². The van der Waals surface area contributed by atoms with Gasteiger partial charge in [-0.3, -0.25) is 9.69 Å². The number of anilines is 1. The Bertz CT molecular complexity index is 655. The molecule has 1 aromatic carbocycles. The molecule has 1 N–H and O–H groups in total. The fourth-order valence-corrected chi connectivity index (χ4v) is 3.46. The second-order valence-corrected chi connectivity index (χ2v) is 6.67. The van der Waals surface area contributed by atoms with E-state index >= 15 is 0 Å². The second-order valence-electron chi connectivity index (χ2n) is 6.67. The Morgan fingerprint density at radius 1 is 1.25 bits per heavy atom. The van der Waals surface area contributed by atoms with Gasteiger partial charge in [0, 0.05) is 26.3 Å². The summed E-state index contributed by atoms with van der Waals surface area (Å²) in [6.45, 7) is 2.37. The van der Waals surface area contributed by atoms with Crippen molar-refractivity contribution < 1.29 is 9.21 Å². The van der Waals surface area contributed by atoms with Gasteiger partial charge in [0.1, 0.15) is 11.3 Å². The van der Waals surface area contributed by atoms with Gasteiger partial charge in [0.25, 0.3) is 0 Å². The molecule has 3 rings (SSSR count). The number of likely N-dealkylation sites (N-methyl/N-ethyl adjacent to an activating group) is 1. The number of nitrogens with one attached hydrogen (secondary N) is 1. The van der Waals surface area contributed by atoms with E-state index in [1.807, 2.05) is 56.6 Å². The van der Waals surface area contributed by atoms with E-state index in [4.69, 9.17) is 4.42 Å². The molecule has 1 amide bonds. The van der Waals surface area contributed by atoms with Gasteiger partial charge in [-0.2, -0.15) is 0 Å². The number of hydrogen-bond acceptors (Lipinski definition) is 4. The zero-order chi connectivity index (χ0) is 17.0. The van der Waals surface area contributed by atoms with E-state index in [0.717, 1.165) is 37.4 Å². The smallest absolute Gasteiger partial charge is 0.249 e. The highest BCUT2D eigenvalue weighted by molar-refractivity contribution is 5.89. The lowest BCUT2D eigenvalue weighted by Gasteiger charge is -2.43. The number of amides is 1. The summed E-state index contributed by atoms with van der Waals surface area (Å²) in [4.78, 5) is 17.0. The van der Waals surface area contributed by atoms with Crippen LogP contribution in [0.1, 0.15) is 18.6 Å². The number of hydrogen-bond donors (Lipinski definition) is 1. The van der Waals surface area contributed by atoms with Crippen LogP contribution in [0.3, 0.4) is 0 Å². The molecule has 128 valence electrons. The quantitative estimate of drug-likeness (QED) is 0.917. The lowest BCUT2D eigenvalue weighted by atomic mass is 9.87. The first-order chi connectivity index (χ1) is 11.6. The molecule has 5 heteroatoms. The van der Waals surface area contributed by atoms with Crippen LogP contribution in [-0.4, -0.2) is 48.4 Å². The van der Waals surface area contributed by atoms with Crippen LogP contribution in [0.15, 0.2) is 53.1 Å². The first-order valence-corrected chi connectivity index (χ1v) is 8.39. The van der Waals surface area contributed by atoms with Crippen molar-refractivity contribution in [1.82, 2.24) is 9.80 Å². The number of benzene rings is 1. The predicted octanol–water partition coefficient (Wildman–Crippen LogP) is 2.81. The Balaban J connectivity index is 1.82. The van der Waals surface area contributed by atoms with E-state index in [1.54, 1.807) is 11.2 Å². The molecular weight excluding hydrogens is 302 g/mol. The third-order valence-corrected chi connectivity index (χ3v) is 4.50. The molecule has 1 unspecified atom stereocenters. The molecule has 24 heavy (non-hydrogen) atoms.